The van der Waals surface area contributed by atoms with Gasteiger partial charge in [0.2, 0.25) is 0 Å². The van der Waals surface area contributed by atoms with Crippen molar-refractivity contribution in [3.63, 3.8) is 0 Å². The molecule has 0 spiro atoms. The maximum atomic E-state index is 13.2. The molecule has 1 aliphatic carbocycles. The van der Waals surface area contributed by atoms with E-state index in [0.717, 1.165) is 30.8 Å². The van der Waals surface area contributed by atoms with Crippen molar-refractivity contribution >= 4 is 0 Å². The molecule has 0 bridgehead atoms. The molecule has 1 aromatic rings. The zero-order chi connectivity index (χ0) is 13.2. The number of ether oxygens (including phenoxy) is 1. The minimum Gasteiger partial charge on any atom is -0.488 e. The van der Waals surface area contributed by atoms with E-state index in [2.05, 4.69) is 4.90 Å². The van der Waals surface area contributed by atoms with Crippen LogP contribution >= 0.6 is 0 Å². The fraction of sp³-hybridized carbons (Fsp3) is 0.600. The van der Waals surface area contributed by atoms with Crippen molar-refractivity contribution in [2.45, 2.75) is 37.8 Å². The summed E-state index contributed by atoms with van der Waals surface area (Å²) in [4.78, 5) is 2.44. The van der Waals surface area contributed by atoms with Crippen molar-refractivity contribution in [2.24, 2.45) is 5.73 Å². The number of nitrogens with zero attached hydrogens (tertiary/aromatic N) is 1. The molecule has 104 valence electrons. The molecule has 0 amide bonds. The molecule has 4 heteroatoms. The number of halogens is 1. The van der Waals surface area contributed by atoms with Crippen LogP contribution in [0.3, 0.4) is 0 Å². The van der Waals surface area contributed by atoms with Gasteiger partial charge in [-0.25, -0.2) is 4.39 Å². The molecule has 1 aliphatic heterocycles. The summed E-state index contributed by atoms with van der Waals surface area (Å²) in [6.07, 6.45) is 4.82. The van der Waals surface area contributed by atoms with Crippen LogP contribution < -0.4 is 10.5 Å². The second-order valence-electron chi connectivity index (χ2n) is 5.56. The van der Waals surface area contributed by atoms with E-state index in [1.807, 2.05) is 0 Å². The van der Waals surface area contributed by atoms with E-state index in [1.165, 1.54) is 25.3 Å². The quantitative estimate of drug-likeness (QED) is 0.883. The van der Waals surface area contributed by atoms with Crippen LogP contribution in [0.15, 0.2) is 18.2 Å². The standard InChI is InChI=1S/C15H21FN2O/c16-12-4-5-15-11(8-12)9-14(19-15)10-18(7-6-17)13-2-1-3-13/h4-5,8,13-14H,1-3,6-7,9-10,17H2. The van der Waals surface area contributed by atoms with E-state index in [1.54, 1.807) is 12.1 Å². The molecule has 3 nitrogen and oxygen atoms in total. The first kappa shape index (κ1) is 12.9. The van der Waals surface area contributed by atoms with Gasteiger partial charge in [-0.05, 0) is 31.0 Å². The topological polar surface area (TPSA) is 38.5 Å². The molecule has 2 aliphatic rings. The highest BCUT2D eigenvalue weighted by molar-refractivity contribution is 5.37. The largest absolute Gasteiger partial charge is 0.488 e. The highest BCUT2D eigenvalue weighted by Crippen LogP contribution is 2.31. The van der Waals surface area contributed by atoms with Crippen LogP contribution in [-0.4, -0.2) is 36.7 Å². The molecule has 1 saturated carbocycles. The lowest BCUT2D eigenvalue weighted by Crippen LogP contribution is -2.47. The Bertz CT molecular complexity index is 448. The van der Waals surface area contributed by atoms with E-state index in [-0.39, 0.29) is 11.9 Å². The number of nitrogens with two attached hydrogens (primary N) is 1. The smallest absolute Gasteiger partial charge is 0.123 e. The summed E-state index contributed by atoms with van der Waals surface area (Å²) in [6, 6.07) is 5.46. The average molecular weight is 264 g/mol. The molecule has 3 rings (SSSR count). The summed E-state index contributed by atoms with van der Waals surface area (Å²) in [5.74, 6) is 0.661. The summed E-state index contributed by atoms with van der Waals surface area (Å²) < 4.78 is 19.1. The number of hydrogen-bond acceptors (Lipinski definition) is 3. The third kappa shape index (κ3) is 2.74. The first-order valence-electron chi connectivity index (χ1n) is 7.15. The molecular weight excluding hydrogens is 243 g/mol. The SMILES string of the molecule is NCCN(CC1Cc2cc(F)ccc2O1)C1CCC1. The molecule has 2 N–H and O–H groups in total. The molecule has 1 unspecified atom stereocenters. The van der Waals surface area contributed by atoms with Crippen LogP contribution in [0, 0.1) is 5.82 Å². The minimum absolute atomic E-state index is 0.143. The number of fused-ring (bicyclic) bond motifs is 1. The van der Waals surface area contributed by atoms with E-state index in [4.69, 9.17) is 10.5 Å². The Morgan fingerprint density at radius 1 is 1.37 bits per heavy atom. The van der Waals surface area contributed by atoms with Crippen molar-refractivity contribution in [3.8, 4) is 5.75 Å². The highest BCUT2D eigenvalue weighted by atomic mass is 19.1. The molecule has 0 saturated heterocycles. The third-order valence-electron chi connectivity index (χ3n) is 4.21. The predicted molar refractivity (Wildman–Crippen MR) is 72.8 cm³/mol. The van der Waals surface area contributed by atoms with E-state index in [9.17, 15) is 4.39 Å². The first-order chi connectivity index (χ1) is 9.26. The van der Waals surface area contributed by atoms with E-state index >= 15 is 0 Å². The van der Waals surface area contributed by atoms with Crippen LogP contribution in [0.5, 0.6) is 5.75 Å². The Morgan fingerprint density at radius 2 is 2.21 bits per heavy atom. The normalized spacial score (nSPS) is 22.2. The lowest BCUT2D eigenvalue weighted by molar-refractivity contribution is 0.0812. The average Bonchev–Trinajstić information content (AvgIpc) is 2.68. The summed E-state index contributed by atoms with van der Waals surface area (Å²) in [6.45, 7) is 2.51. The van der Waals surface area contributed by atoms with Gasteiger partial charge < -0.3 is 10.5 Å². The Labute approximate surface area is 113 Å². The monoisotopic (exact) mass is 264 g/mol. The van der Waals surface area contributed by atoms with Crippen molar-refractivity contribution in [2.75, 3.05) is 19.6 Å². The van der Waals surface area contributed by atoms with Gasteiger partial charge in [-0.1, -0.05) is 6.42 Å². The number of benzene rings is 1. The summed E-state index contributed by atoms with van der Waals surface area (Å²) in [5.41, 5.74) is 6.68. The Morgan fingerprint density at radius 3 is 2.89 bits per heavy atom. The third-order valence-corrected chi connectivity index (χ3v) is 4.21. The van der Waals surface area contributed by atoms with Crippen LogP contribution in [0.25, 0.3) is 0 Å². The fourth-order valence-corrected chi connectivity index (χ4v) is 2.99. The van der Waals surface area contributed by atoms with Crippen LogP contribution in [0.1, 0.15) is 24.8 Å². The van der Waals surface area contributed by atoms with Gasteiger partial charge in [0.15, 0.2) is 0 Å². The van der Waals surface area contributed by atoms with Crippen molar-refractivity contribution in [1.29, 1.82) is 0 Å². The zero-order valence-corrected chi connectivity index (χ0v) is 11.1. The van der Waals surface area contributed by atoms with Crippen LogP contribution in [-0.2, 0) is 6.42 Å². The lowest BCUT2D eigenvalue weighted by Gasteiger charge is -2.38. The Kier molecular flexibility index (Phi) is 3.71. The van der Waals surface area contributed by atoms with Crippen molar-refractivity contribution in [3.05, 3.63) is 29.6 Å². The Balaban J connectivity index is 1.62. The summed E-state index contributed by atoms with van der Waals surface area (Å²) in [7, 11) is 0. The van der Waals surface area contributed by atoms with Gasteiger partial charge in [-0.3, -0.25) is 4.90 Å². The Hall–Kier alpha value is -1.13. The van der Waals surface area contributed by atoms with Gasteiger partial charge >= 0.3 is 0 Å². The van der Waals surface area contributed by atoms with Crippen LogP contribution in [0.2, 0.25) is 0 Å². The van der Waals surface area contributed by atoms with E-state index < -0.39 is 0 Å². The van der Waals surface area contributed by atoms with Gasteiger partial charge in [-0.15, -0.1) is 0 Å². The molecule has 1 aromatic carbocycles. The second-order valence-corrected chi connectivity index (χ2v) is 5.56. The van der Waals surface area contributed by atoms with Crippen molar-refractivity contribution < 1.29 is 9.13 Å². The predicted octanol–water partition coefficient (Wildman–Crippen LogP) is 1.94. The number of rotatable bonds is 5. The van der Waals surface area contributed by atoms with Gasteiger partial charge in [0.25, 0.3) is 0 Å². The van der Waals surface area contributed by atoms with E-state index in [0.29, 0.717) is 12.6 Å². The maximum absolute atomic E-state index is 13.2. The zero-order valence-electron chi connectivity index (χ0n) is 11.1. The van der Waals surface area contributed by atoms with Gasteiger partial charge in [-0.2, -0.15) is 0 Å². The molecule has 0 aromatic heterocycles. The molecule has 1 fully saturated rings. The molecular formula is C15H21FN2O. The van der Waals surface area contributed by atoms with Gasteiger partial charge in [0.05, 0.1) is 0 Å². The summed E-state index contributed by atoms with van der Waals surface area (Å²) in [5, 5.41) is 0. The highest BCUT2D eigenvalue weighted by Gasteiger charge is 2.30. The van der Waals surface area contributed by atoms with Crippen LogP contribution in [0.4, 0.5) is 4.39 Å². The lowest BCUT2D eigenvalue weighted by atomic mass is 9.91. The minimum atomic E-state index is -0.180. The number of hydrogen-bond donors (Lipinski definition) is 1. The maximum Gasteiger partial charge on any atom is 0.123 e. The molecule has 1 heterocycles. The molecule has 1 atom stereocenters. The van der Waals surface area contributed by atoms with Gasteiger partial charge in [0.1, 0.15) is 17.7 Å². The first-order valence-corrected chi connectivity index (χ1v) is 7.15. The summed E-state index contributed by atoms with van der Waals surface area (Å²) >= 11 is 0. The molecule has 19 heavy (non-hydrogen) atoms. The van der Waals surface area contributed by atoms with Crippen molar-refractivity contribution in [1.82, 2.24) is 4.90 Å². The second kappa shape index (κ2) is 5.47. The van der Waals surface area contributed by atoms with Gasteiger partial charge in [0, 0.05) is 37.7 Å². The fourth-order valence-electron chi connectivity index (χ4n) is 2.99. The molecule has 0 radical (unpaired) electrons.